The normalized spacial score (nSPS) is 11.5. The first-order chi connectivity index (χ1) is 10.7. The standard InChI is InChI=1S/C20H39N2/c1-5-7-8-9-10-11-12-13-14-16-21-17-18-22(19(3)4)20(21)15-6-2/h17-19H,5-16H2,1-4H3/q+1. The van der Waals surface area contributed by atoms with Crippen molar-refractivity contribution in [3.63, 3.8) is 0 Å². The average Bonchev–Trinajstić information content (AvgIpc) is 2.89. The zero-order valence-electron chi connectivity index (χ0n) is 15.6. The zero-order valence-corrected chi connectivity index (χ0v) is 15.6. The summed E-state index contributed by atoms with van der Waals surface area (Å²) in [5.41, 5.74) is 0. The number of imidazole rings is 1. The first-order valence-corrected chi connectivity index (χ1v) is 9.79. The number of rotatable bonds is 13. The Balaban J connectivity index is 2.22. The molecule has 0 bridgehead atoms. The van der Waals surface area contributed by atoms with Gasteiger partial charge in [0, 0.05) is 6.42 Å². The smallest absolute Gasteiger partial charge is 0.234 e. The highest BCUT2D eigenvalue weighted by Gasteiger charge is 2.17. The Bertz CT molecular complexity index is 379. The second-order valence-electron chi connectivity index (χ2n) is 6.99. The Morgan fingerprint density at radius 3 is 2.00 bits per heavy atom. The van der Waals surface area contributed by atoms with Gasteiger partial charge >= 0.3 is 0 Å². The minimum atomic E-state index is 0.575. The van der Waals surface area contributed by atoms with Crippen molar-refractivity contribution in [3.05, 3.63) is 18.2 Å². The van der Waals surface area contributed by atoms with E-state index in [1.165, 1.54) is 83.0 Å². The summed E-state index contributed by atoms with van der Waals surface area (Å²) in [4.78, 5) is 0. The van der Waals surface area contributed by atoms with E-state index in [1.807, 2.05) is 0 Å². The molecule has 2 heteroatoms. The predicted octanol–water partition coefficient (Wildman–Crippen LogP) is 5.84. The van der Waals surface area contributed by atoms with Crippen LogP contribution in [-0.4, -0.2) is 4.57 Å². The van der Waals surface area contributed by atoms with Gasteiger partial charge in [-0.1, -0.05) is 58.8 Å². The molecular weight excluding hydrogens is 268 g/mol. The Hall–Kier alpha value is -0.790. The molecule has 0 N–H and O–H groups in total. The molecule has 1 aromatic heterocycles. The van der Waals surface area contributed by atoms with Crippen LogP contribution in [-0.2, 0) is 13.0 Å². The minimum absolute atomic E-state index is 0.575. The third kappa shape index (κ3) is 6.98. The van der Waals surface area contributed by atoms with Crippen molar-refractivity contribution in [3.8, 4) is 0 Å². The van der Waals surface area contributed by atoms with Gasteiger partial charge in [-0.2, -0.15) is 0 Å². The molecule has 0 saturated carbocycles. The van der Waals surface area contributed by atoms with E-state index in [1.54, 1.807) is 0 Å². The number of aromatic nitrogens is 2. The molecule has 0 aliphatic rings. The SMILES string of the molecule is CCCCCCCCCCC[n+]1ccn(C(C)C)c1CCC. The fraction of sp³-hybridized carbons (Fsp3) is 0.850. The van der Waals surface area contributed by atoms with E-state index >= 15 is 0 Å². The minimum Gasteiger partial charge on any atom is -0.234 e. The molecule has 0 aromatic carbocycles. The lowest BCUT2D eigenvalue weighted by Gasteiger charge is -2.07. The third-order valence-electron chi connectivity index (χ3n) is 4.57. The van der Waals surface area contributed by atoms with Gasteiger partial charge in [0.1, 0.15) is 12.4 Å². The van der Waals surface area contributed by atoms with Crippen molar-refractivity contribution >= 4 is 0 Å². The van der Waals surface area contributed by atoms with Crippen LogP contribution in [0.3, 0.4) is 0 Å². The molecule has 2 nitrogen and oxygen atoms in total. The molecular formula is C20H39N2+. The maximum absolute atomic E-state index is 2.49. The fourth-order valence-electron chi connectivity index (χ4n) is 3.24. The molecule has 0 spiro atoms. The molecule has 0 aliphatic heterocycles. The van der Waals surface area contributed by atoms with Gasteiger partial charge in [0.25, 0.3) is 5.82 Å². The maximum Gasteiger partial charge on any atom is 0.256 e. The van der Waals surface area contributed by atoms with E-state index in [4.69, 9.17) is 0 Å². The summed E-state index contributed by atoms with van der Waals surface area (Å²) in [5.74, 6) is 1.51. The van der Waals surface area contributed by atoms with Crippen molar-refractivity contribution < 1.29 is 4.57 Å². The molecule has 0 unspecified atom stereocenters. The van der Waals surface area contributed by atoms with Crippen LogP contribution in [0.1, 0.15) is 104 Å². The van der Waals surface area contributed by atoms with Crippen molar-refractivity contribution in [2.75, 3.05) is 0 Å². The summed E-state index contributed by atoms with van der Waals surface area (Å²) in [6.45, 7) is 10.3. The van der Waals surface area contributed by atoms with Gasteiger partial charge in [-0.15, -0.1) is 0 Å². The third-order valence-corrected chi connectivity index (χ3v) is 4.57. The summed E-state index contributed by atoms with van der Waals surface area (Å²) < 4.78 is 4.93. The maximum atomic E-state index is 2.49. The molecule has 0 amide bonds. The number of aryl methyl sites for hydroxylation is 1. The first-order valence-electron chi connectivity index (χ1n) is 9.79. The number of hydrogen-bond acceptors (Lipinski definition) is 0. The largest absolute Gasteiger partial charge is 0.256 e. The van der Waals surface area contributed by atoms with Crippen LogP contribution in [0.15, 0.2) is 12.4 Å². The van der Waals surface area contributed by atoms with Crippen LogP contribution < -0.4 is 4.57 Å². The van der Waals surface area contributed by atoms with Crippen molar-refractivity contribution in [2.24, 2.45) is 0 Å². The van der Waals surface area contributed by atoms with Crippen LogP contribution >= 0.6 is 0 Å². The number of nitrogens with zero attached hydrogens (tertiary/aromatic N) is 2. The van der Waals surface area contributed by atoms with E-state index < -0.39 is 0 Å². The summed E-state index contributed by atoms with van der Waals surface area (Å²) >= 11 is 0. The van der Waals surface area contributed by atoms with Gasteiger partial charge < -0.3 is 0 Å². The van der Waals surface area contributed by atoms with Crippen molar-refractivity contribution in [1.82, 2.24) is 4.57 Å². The van der Waals surface area contributed by atoms with Gasteiger partial charge in [0.15, 0.2) is 0 Å². The van der Waals surface area contributed by atoms with E-state index in [0.717, 1.165) is 0 Å². The molecule has 0 atom stereocenters. The van der Waals surface area contributed by atoms with E-state index in [0.29, 0.717) is 6.04 Å². The number of hydrogen-bond donors (Lipinski definition) is 0. The summed E-state index contributed by atoms with van der Waals surface area (Å²) in [5, 5.41) is 0. The van der Waals surface area contributed by atoms with Gasteiger partial charge in [0.05, 0.1) is 12.6 Å². The highest BCUT2D eigenvalue weighted by Crippen LogP contribution is 2.11. The number of unbranched alkanes of at least 4 members (excludes halogenated alkanes) is 8. The Kier molecular flexibility index (Phi) is 10.3. The lowest BCUT2D eigenvalue weighted by Crippen LogP contribution is -2.37. The second kappa shape index (κ2) is 11.7. The van der Waals surface area contributed by atoms with Gasteiger partial charge in [0.2, 0.25) is 0 Å². The highest BCUT2D eigenvalue weighted by molar-refractivity contribution is 4.86. The molecule has 0 saturated heterocycles. The van der Waals surface area contributed by atoms with Crippen molar-refractivity contribution in [2.45, 2.75) is 111 Å². The quantitative estimate of drug-likeness (QED) is 0.320. The van der Waals surface area contributed by atoms with Crippen LogP contribution in [0.5, 0.6) is 0 Å². The molecule has 0 aliphatic carbocycles. The second-order valence-corrected chi connectivity index (χ2v) is 6.99. The molecule has 1 rings (SSSR count). The molecule has 1 heterocycles. The van der Waals surface area contributed by atoms with Gasteiger partial charge in [-0.3, -0.25) is 0 Å². The van der Waals surface area contributed by atoms with Crippen LogP contribution in [0, 0.1) is 0 Å². The Labute approximate surface area is 138 Å². The lowest BCUT2D eigenvalue weighted by atomic mass is 10.1. The van der Waals surface area contributed by atoms with E-state index in [9.17, 15) is 0 Å². The Morgan fingerprint density at radius 2 is 1.45 bits per heavy atom. The summed E-state index contributed by atoms with van der Waals surface area (Å²) in [7, 11) is 0. The molecule has 1 aromatic rings. The summed E-state index contributed by atoms with van der Waals surface area (Å²) in [6.07, 6.45) is 19.7. The highest BCUT2D eigenvalue weighted by atomic mass is 15.2. The molecule has 22 heavy (non-hydrogen) atoms. The average molecular weight is 308 g/mol. The van der Waals surface area contributed by atoms with Crippen molar-refractivity contribution in [1.29, 1.82) is 0 Å². The van der Waals surface area contributed by atoms with Crippen LogP contribution in [0.2, 0.25) is 0 Å². The summed E-state index contributed by atoms with van der Waals surface area (Å²) in [6, 6.07) is 0.575. The molecule has 128 valence electrons. The van der Waals surface area contributed by atoms with Gasteiger partial charge in [-0.05, 0) is 33.1 Å². The zero-order chi connectivity index (χ0) is 16.2. The fourth-order valence-corrected chi connectivity index (χ4v) is 3.24. The Morgan fingerprint density at radius 1 is 0.864 bits per heavy atom. The van der Waals surface area contributed by atoms with E-state index in [2.05, 4.69) is 49.2 Å². The lowest BCUT2D eigenvalue weighted by molar-refractivity contribution is -0.704. The van der Waals surface area contributed by atoms with E-state index in [-0.39, 0.29) is 0 Å². The topological polar surface area (TPSA) is 8.81 Å². The molecule has 0 fully saturated rings. The molecule has 0 radical (unpaired) electrons. The van der Waals surface area contributed by atoms with Crippen LogP contribution in [0.4, 0.5) is 0 Å². The van der Waals surface area contributed by atoms with Gasteiger partial charge in [-0.25, -0.2) is 9.13 Å². The predicted molar refractivity (Wildman–Crippen MR) is 96.2 cm³/mol. The first kappa shape index (κ1) is 19.3. The monoisotopic (exact) mass is 307 g/mol. The van der Waals surface area contributed by atoms with Crippen LogP contribution in [0.25, 0.3) is 0 Å².